The highest BCUT2D eigenvalue weighted by Crippen LogP contribution is 2.24. The molecule has 1 N–H and O–H groups in total. The number of nitrogens with zero attached hydrogens (tertiary/aromatic N) is 7. The van der Waals surface area contributed by atoms with Gasteiger partial charge in [-0.2, -0.15) is 4.98 Å². The lowest BCUT2D eigenvalue weighted by atomic mass is 10.0. The standard InChI is InChI=1S/C41H58N8O3/c1-5-7-9-10-11-12-13-14-15-16-17-18-19-26-36(50)43-32-23-22-27-47(29-32)40-45-38-37(48(40)28-8-6-2)39(51)49(41(52)46(38)4)30-35-42-31(3)33-24-20-21-25-34(33)44-35/h20-21,24-25,32H,5,7,9-19,22-23,26-30H2,1-4H3,(H,43,50). The molecule has 1 fully saturated rings. The molecule has 11 heteroatoms. The number of benzene rings is 1. The Labute approximate surface area is 308 Å². The molecule has 0 aliphatic carbocycles. The fourth-order valence-electron chi connectivity index (χ4n) is 7.44. The summed E-state index contributed by atoms with van der Waals surface area (Å²) in [6.07, 6.45) is 18.9. The van der Waals surface area contributed by atoms with E-state index in [1.165, 1.54) is 79.8 Å². The number of aromatic nitrogens is 6. The molecule has 0 spiro atoms. The molecule has 1 aliphatic heterocycles. The minimum Gasteiger partial charge on any atom is -0.352 e. The molecule has 0 bridgehead atoms. The van der Waals surface area contributed by atoms with E-state index in [0.717, 1.165) is 48.8 Å². The Morgan fingerprint density at radius 3 is 2.27 bits per heavy atom. The molecule has 4 heterocycles. The minimum atomic E-state index is -0.485. The average Bonchev–Trinajstić information content (AvgIpc) is 3.53. The first-order valence-corrected chi connectivity index (χ1v) is 19.7. The fourth-order valence-corrected chi connectivity index (χ4v) is 7.44. The monoisotopic (exact) mass is 710 g/mol. The fraction of sp³-hybridized carbons (Fsp3) is 0.610. The van der Waals surface area contributed by atoms with Crippen LogP contribution in [-0.2, 0) is 24.9 Å². The van der Waals surface area contributed by atoms with Crippen molar-refractivity contribution >= 4 is 33.9 Å². The Bertz CT molecular complexity index is 1980. The van der Waals surface area contributed by atoms with Crippen molar-refractivity contribution in [2.24, 2.45) is 7.05 Å². The molecule has 52 heavy (non-hydrogen) atoms. The van der Waals surface area contributed by atoms with Gasteiger partial charge >= 0.3 is 5.69 Å². The maximum atomic E-state index is 14.1. The van der Waals surface area contributed by atoms with Crippen LogP contribution in [0.15, 0.2) is 33.9 Å². The van der Waals surface area contributed by atoms with Crippen LogP contribution in [0.3, 0.4) is 0 Å². The van der Waals surface area contributed by atoms with Crippen molar-refractivity contribution in [2.45, 2.75) is 143 Å². The topological polar surface area (TPSA) is 120 Å². The summed E-state index contributed by atoms with van der Waals surface area (Å²) in [7, 11) is 1.63. The number of fused-ring (bicyclic) bond motifs is 2. The van der Waals surface area contributed by atoms with Gasteiger partial charge in [-0.3, -0.25) is 23.3 Å². The van der Waals surface area contributed by atoms with Crippen LogP contribution in [0.4, 0.5) is 5.95 Å². The molecule has 11 nitrogen and oxygen atoms in total. The van der Waals surface area contributed by atoms with Gasteiger partial charge in [0, 0.05) is 43.7 Å². The van der Waals surface area contributed by atoms with E-state index in [2.05, 4.69) is 38.9 Å². The van der Waals surface area contributed by atoms with E-state index in [-0.39, 0.29) is 25.0 Å². The third-order valence-corrected chi connectivity index (χ3v) is 10.3. The number of imidazole rings is 1. The molecule has 0 saturated carbocycles. The summed E-state index contributed by atoms with van der Waals surface area (Å²) < 4.78 is 4.42. The number of carbonyl (C=O) groups is 1. The summed E-state index contributed by atoms with van der Waals surface area (Å²) in [5.74, 6) is 7.10. The molecule has 5 rings (SSSR count). The Balaban J connectivity index is 1.20. The molecule has 4 aromatic rings. The summed E-state index contributed by atoms with van der Waals surface area (Å²) in [6, 6.07) is 7.67. The van der Waals surface area contributed by atoms with Gasteiger partial charge in [0.05, 0.1) is 18.6 Å². The Morgan fingerprint density at radius 1 is 0.904 bits per heavy atom. The summed E-state index contributed by atoms with van der Waals surface area (Å²) in [6.45, 7) is 7.39. The van der Waals surface area contributed by atoms with Crippen LogP contribution >= 0.6 is 0 Å². The lowest BCUT2D eigenvalue weighted by Gasteiger charge is -2.34. The van der Waals surface area contributed by atoms with Gasteiger partial charge in [0.15, 0.2) is 11.2 Å². The lowest BCUT2D eigenvalue weighted by Crippen LogP contribution is -2.48. The highest BCUT2D eigenvalue weighted by atomic mass is 16.2. The normalized spacial score (nSPS) is 14.5. The van der Waals surface area contributed by atoms with Crippen LogP contribution in [0.2, 0.25) is 0 Å². The molecule has 1 saturated heterocycles. The number of para-hydroxylation sites is 1. The summed E-state index contributed by atoms with van der Waals surface area (Å²) >= 11 is 0. The zero-order chi connectivity index (χ0) is 36.9. The zero-order valence-corrected chi connectivity index (χ0v) is 31.9. The molecule has 280 valence electrons. The first-order chi connectivity index (χ1) is 25.3. The van der Waals surface area contributed by atoms with Crippen LogP contribution in [0, 0.1) is 18.8 Å². The van der Waals surface area contributed by atoms with Crippen LogP contribution < -0.4 is 21.5 Å². The largest absolute Gasteiger partial charge is 0.352 e. The van der Waals surface area contributed by atoms with E-state index in [9.17, 15) is 14.4 Å². The van der Waals surface area contributed by atoms with E-state index in [1.807, 2.05) is 35.8 Å². The first kappa shape index (κ1) is 38.8. The van der Waals surface area contributed by atoms with Crippen molar-refractivity contribution in [3.8, 4) is 11.8 Å². The zero-order valence-electron chi connectivity index (χ0n) is 31.9. The van der Waals surface area contributed by atoms with E-state index in [4.69, 9.17) is 4.98 Å². The number of carbonyl (C=O) groups excluding carboxylic acids is 1. The molecule has 1 amide bonds. The maximum Gasteiger partial charge on any atom is 0.332 e. The number of amides is 1. The van der Waals surface area contributed by atoms with Crippen molar-refractivity contribution < 1.29 is 4.79 Å². The van der Waals surface area contributed by atoms with Crippen LogP contribution in [0.1, 0.15) is 128 Å². The smallest absolute Gasteiger partial charge is 0.332 e. The van der Waals surface area contributed by atoms with Crippen molar-refractivity contribution in [1.29, 1.82) is 0 Å². The predicted octanol–water partition coefficient (Wildman–Crippen LogP) is 6.79. The first-order valence-electron chi connectivity index (χ1n) is 19.7. The second kappa shape index (κ2) is 19.4. The molecular formula is C41H58N8O3. The highest BCUT2D eigenvalue weighted by Gasteiger charge is 2.28. The molecule has 0 radical (unpaired) electrons. The highest BCUT2D eigenvalue weighted by molar-refractivity contribution is 5.80. The number of anilines is 1. The summed E-state index contributed by atoms with van der Waals surface area (Å²) in [5, 5.41) is 4.19. The van der Waals surface area contributed by atoms with Crippen molar-refractivity contribution in [3.63, 3.8) is 0 Å². The van der Waals surface area contributed by atoms with E-state index >= 15 is 0 Å². The number of hydrogen-bond acceptors (Lipinski definition) is 7. The lowest BCUT2D eigenvalue weighted by molar-refractivity contribution is -0.122. The maximum absolute atomic E-state index is 14.1. The Hall–Kier alpha value is -4.46. The predicted molar refractivity (Wildman–Crippen MR) is 210 cm³/mol. The number of unbranched alkanes of at least 4 members (excludes halogenated alkanes) is 12. The van der Waals surface area contributed by atoms with Crippen LogP contribution in [0.25, 0.3) is 22.1 Å². The molecule has 1 unspecified atom stereocenters. The van der Waals surface area contributed by atoms with Crippen molar-refractivity contribution in [1.82, 2.24) is 34.0 Å². The van der Waals surface area contributed by atoms with E-state index in [0.29, 0.717) is 35.9 Å². The number of rotatable bonds is 19. The van der Waals surface area contributed by atoms with Crippen LogP contribution in [-0.4, -0.2) is 53.7 Å². The molecule has 1 aliphatic rings. The molecule has 1 atom stereocenters. The van der Waals surface area contributed by atoms with Gasteiger partial charge in [-0.25, -0.2) is 14.8 Å². The van der Waals surface area contributed by atoms with E-state index < -0.39 is 11.2 Å². The summed E-state index contributed by atoms with van der Waals surface area (Å²) in [4.78, 5) is 56.9. The van der Waals surface area contributed by atoms with Gasteiger partial charge in [-0.1, -0.05) is 108 Å². The second-order valence-corrected chi connectivity index (χ2v) is 14.4. The number of hydrogen-bond donors (Lipinski definition) is 1. The van der Waals surface area contributed by atoms with Gasteiger partial charge in [0.2, 0.25) is 11.9 Å². The number of nitrogens with one attached hydrogen (secondary N) is 1. The number of piperidine rings is 1. The third-order valence-electron chi connectivity index (χ3n) is 10.3. The molecular weight excluding hydrogens is 653 g/mol. The Kier molecular flexibility index (Phi) is 14.5. The number of aryl methyl sites for hydroxylation is 2. The third kappa shape index (κ3) is 9.90. The Morgan fingerprint density at radius 2 is 1.58 bits per heavy atom. The van der Waals surface area contributed by atoms with Gasteiger partial charge in [-0.15, -0.1) is 5.92 Å². The van der Waals surface area contributed by atoms with Crippen LogP contribution in [0.5, 0.6) is 0 Å². The van der Waals surface area contributed by atoms with Crippen molar-refractivity contribution in [3.05, 3.63) is 56.6 Å². The molecule has 3 aromatic heterocycles. The second-order valence-electron chi connectivity index (χ2n) is 14.4. The summed E-state index contributed by atoms with van der Waals surface area (Å²) in [5.41, 5.74) is 1.23. The van der Waals surface area contributed by atoms with Gasteiger partial charge in [0.1, 0.15) is 5.82 Å². The van der Waals surface area contributed by atoms with Crippen molar-refractivity contribution in [2.75, 3.05) is 18.0 Å². The quantitative estimate of drug-likeness (QED) is 0.0841. The van der Waals surface area contributed by atoms with Gasteiger partial charge < -0.3 is 10.2 Å². The minimum absolute atomic E-state index is 0.0255. The van der Waals surface area contributed by atoms with Gasteiger partial charge in [-0.05, 0) is 39.2 Å². The van der Waals surface area contributed by atoms with Gasteiger partial charge in [0.25, 0.3) is 5.56 Å². The average molecular weight is 711 g/mol. The molecule has 1 aromatic carbocycles. The SMILES string of the molecule is CC#CCn1c(N2CCCC(NC(=O)CCCCCCCCCCCCCCC)C2)nc2c1c(=O)n(Cc1nc(C)c3ccccc3n1)c(=O)n2C. The van der Waals surface area contributed by atoms with E-state index in [1.54, 1.807) is 14.0 Å².